The number of morpholine rings is 1. The highest BCUT2D eigenvalue weighted by Crippen LogP contribution is 2.31. The first-order valence-electron chi connectivity index (χ1n) is 9.65. The van der Waals surface area contributed by atoms with Crippen LogP contribution >= 0.6 is 0 Å². The summed E-state index contributed by atoms with van der Waals surface area (Å²) in [5.41, 5.74) is 2.55. The zero-order valence-electron chi connectivity index (χ0n) is 17.1. The van der Waals surface area contributed by atoms with Gasteiger partial charge in [-0.15, -0.1) is 0 Å². The molecule has 8 nitrogen and oxygen atoms in total. The third kappa shape index (κ3) is 4.49. The van der Waals surface area contributed by atoms with E-state index in [1.54, 1.807) is 38.4 Å². The van der Waals surface area contributed by atoms with Crippen molar-refractivity contribution < 1.29 is 27.9 Å². The number of sulfonamides is 1. The van der Waals surface area contributed by atoms with E-state index in [0.717, 1.165) is 9.87 Å². The number of hydroxylamine groups is 1. The SMILES string of the molecule is CC1OC(C)C(C(=O)NO)N(S(=O)(=O)c2ccc(OCc3ccccc3)cc2)C1C. The average molecular weight is 435 g/mol. The molecule has 0 aromatic heterocycles. The average Bonchev–Trinajstić information content (AvgIpc) is 2.75. The normalized spacial score (nSPS) is 24.9. The third-order valence-corrected chi connectivity index (χ3v) is 7.24. The summed E-state index contributed by atoms with van der Waals surface area (Å²) in [6.07, 6.45) is -1.15. The van der Waals surface area contributed by atoms with Gasteiger partial charge in [-0.2, -0.15) is 4.31 Å². The predicted molar refractivity (Wildman–Crippen MR) is 109 cm³/mol. The summed E-state index contributed by atoms with van der Waals surface area (Å²) in [4.78, 5) is 12.3. The number of amides is 1. The Kier molecular flexibility index (Phi) is 6.77. The van der Waals surface area contributed by atoms with Crippen LogP contribution in [0.3, 0.4) is 0 Å². The molecule has 1 fully saturated rings. The monoisotopic (exact) mass is 434 g/mol. The molecular weight excluding hydrogens is 408 g/mol. The van der Waals surface area contributed by atoms with Crippen LogP contribution < -0.4 is 10.2 Å². The maximum atomic E-state index is 13.4. The van der Waals surface area contributed by atoms with Crippen molar-refractivity contribution in [1.82, 2.24) is 9.79 Å². The Morgan fingerprint density at radius 2 is 1.70 bits per heavy atom. The minimum atomic E-state index is -4.04. The van der Waals surface area contributed by atoms with Crippen molar-refractivity contribution in [3.8, 4) is 5.75 Å². The highest BCUT2D eigenvalue weighted by atomic mass is 32.2. The third-order valence-electron chi connectivity index (χ3n) is 5.26. The maximum Gasteiger partial charge on any atom is 0.264 e. The van der Waals surface area contributed by atoms with E-state index in [0.29, 0.717) is 12.4 Å². The van der Waals surface area contributed by atoms with Crippen LogP contribution in [-0.4, -0.2) is 48.1 Å². The molecule has 2 N–H and O–H groups in total. The molecule has 30 heavy (non-hydrogen) atoms. The number of hydrogen-bond acceptors (Lipinski definition) is 6. The van der Waals surface area contributed by atoms with E-state index in [4.69, 9.17) is 14.7 Å². The Balaban J connectivity index is 1.84. The van der Waals surface area contributed by atoms with E-state index < -0.39 is 40.2 Å². The molecule has 0 aliphatic carbocycles. The van der Waals surface area contributed by atoms with Gasteiger partial charge in [0.15, 0.2) is 0 Å². The van der Waals surface area contributed by atoms with Crippen LogP contribution in [0, 0.1) is 0 Å². The fourth-order valence-corrected chi connectivity index (χ4v) is 5.43. The van der Waals surface area contributed by atoms with Gasteiger partial charge in [0.2, 0.25) is 10.0 Å². The molecule has 0 bridgehead atoms. The van der Waals surface area contributed by atoms with E-state index in [-0.39, 0.29) is 4.90 Å². The lowest BCUT2D eigenvalue weighted by Crippen LogP contribution is -2.64. The summed E-state index contributed by atoms with van der Waals surface area (Å²) in [5.74, 6) is -0.313. The van der Waals surface area contributed by atoms with Crippen LogP contribution in [0.25, 0.3) is 0 Å². The summed E-state index contributed by atoms with van der Waals surface area (Å²) in [5, 5.41) is 9.11. The molecule has 3 rings (SSSR count). The second-order valence-electron chi connectivity index (χ2n) is 7.29. The van der Waals surface area contributed by atoms with Crippen molar-refractivity contribution in [3.63, 3.8) is 0 Å². The number of benzene rings is 2. The molecule has 1 aliphatic heterocycles. The number of carbonyl (C=O) groups excluding carboxylic acids is 1. The van der Waals surface area contributed by atoms with Crippen LogP contribution in [0.1, 0.15) is 26.3 Å². The molecule has 4 atom stereocenters. The quantitative estimate of drug-likeness (QED) is 0.534. The van der Waals surface area contributed by atoms with Crippen LogP contribution in [-0.2, 0) is 26.2 Å². The minimum absolute atomic E-state index is 0.0263. The molecule has 1 amide bonds. The summed E-state index contributed by atoms with van der Waals surface area (Å²) >= 11 is 0. The van der Waals surface area contributed by atoms with Crippen molar-refractivity contribution in [2.75, 3.05) is 0 Å². The summed E-state index contributed by atoms with van der Waals surface area (Å²) in [7, 11) is -4.04. The van der Waals surface area contributed by atoms with E-state index >= 15 is 0 Å². The minimum Gasteiger partial charge on any atom is -0.489 e. The number of hydrogen-bond donors (Lipinski definition) is 2. The van der Waals surface area contributed by atoms with Gasteiger partial charge in [-0.05, 0) is 50.6 Å². The van der Waals surface area contributed by atoms with Gasteiger partial charge in [0.25, 0.3) is 5.91 Å². The first kappa shape index (κ1) is 22.2. The van der Waals surface area contributed by atoms with Crippen molar-refractivity contribution in [3.05, 3.63) is 60.2 Å². The lowest BCUT2D eigenvalue weighted by atomic mass is 10.0. The van der Waals surface area contributed by atoms with Crippen LogP contribution in [0.5, 0.6) is 5.75 Å². The number of ether oxygens (including phenoxy) is 2. The molecule has 1 heterocycles. The molecule has 162 valence electrons. The van der Waals surface area contributed by atoms with Crippen LogP contribution in [0.2, 0.25) is 0 Å². The highest BCUT2D eigenvalue weighted by Gasteiger charge is 2.48. The number of nitrogens with zero attached hydrogens (tertiary/aromatic N) is 1. The first-order chi connectivity index (χ1) is 14.3. The first-order valence-corrected chi connectivity index (χ1v) is 11.1. The lowest BCUT2D eigenvalue weighted by molar-refractivity contribution is -0.152. The lowest BCUT2D eigenvalue weighted by Gasteiger charge is -2.44. The van der Waals surface area contributed by atoms with Gasteiger partial charge in [-0.25, -0.2) is 13.9 Å². The van der Waals surface area contributed by atoms with Gasteiger partial charge < -0.3 is 9.47 Å². The Labute approximate surface area is 176 Å². The van der Waals surface area contributed by atoms with Gasteiger partial charge in [-0.1, -0.05) is 30.3 Å². The number of rotatable bonds is 6. The smallest absolute Gasteiger partial charge is 0.264 e. The molecule has 2 aromatic rings. The van der Waals surface area contributed by atoms with Gasteiger partial charge in [0.1, 0.15) is 18.4 Å². The molecule has 0 spiro atoms. The van der Waals surface area contributed by atoms with Crippen LogP contribution in [0.15, 0.2) is 59.5 Å². The Morgan fingerprint density at radius 3 is 2.30 bits per heavy atom. The Bertz CT molecular complexity index is 965. The summed E-state index contributed by atoms with van der Waals surface area (Å²) in [6.45, 7) is 5.38. The number of carbonyl (C=O) groups is 1. The van der Waals surface area contributed by atoms with Crippen molar-refractivity contribution in [2.45, 2.75) is 56.6 Å². The maximum absolute atomic E-state index is 13.4. The fourth-order valence-electron chi connectivity index (χ4n) is 3.53. The standard InChI is InChI=1S/C21H26N2O6S/c1-14-15(2)29-16(3)20(21(24)22-25)23(14)30(26,27)19-11-9-18(10-12-19)28-13-17-7-5-4-6-8-17/h4-12,14-16,20,25H,13H2,1-3H3,(H,22,24). The van der Waals surface area contributed by atoms with Gasteiger partial charge in [0, 0.05) is 6.04 Å². The Morgan fingerprint density at radius 1 is 1.07 bits per heavy atom. The topological polar surface area (TPSA) is 105 Å². The van der Waals surface area contributed by atoms with Gasteiger partial charge >= 0.3 is 0 Å². The molecule has 1 saturated heterocycles. The largest absolute Gasteiger partial charge is 0.489 e. The molecule has 9 heteroatoms. The van der Waals surface area contributed by atoms with Gasteiger partial charge in [-0.3, -0.25) is 10.0 Å². The predicted octanol–water partition coefficient (Wildman–Crippen LogP) is 2.33. The zero-order valence-corrected chi connectivity index (χ0v) is 17.9. The zero-order chi connectivity index (χ0) is 21.9. The molecule has 2 aromatic carbocycles. The van der Waals surface area contributed by atoms with Crippen molar-refractivity contribution in [1.29, 1.82) is 0 Å². The van der Waals surface area contributed by atoms with Crippen LogP contribution in [0.4, 0.5) is 0 Å². The van der Waals surface area contributed by atoms with E-state index in [1.807, 2.05) is 30.3 Å². The number of nitrogens with one attached hydrogen (secondary N) is 1. The molecular formula is C21H26N2O6S. The van der Waals surface area contributed by atoms with E-state index in [1.165, 1.54) is 12.1 Å². The second kappa shape index (κ2) is 9.13. The summed E-state index contributed by atoms with van der Waals surface area (Å²) in [6, 6.07) is 13.9. The van der Waals surface area contributed by atoms with E-state index in [2.05, 4.69) is 0 Å². The Hall–Kier alpha value is -2.46. The fraction of sp³-hybridized carbons (Fsp3) is 0.381. The van der Waals surface area contributed by atoms with Gasteiger partial charge in [0.05, 0.1) is 17.1 Å². The molecule has 4 unspecified atom stereocenters. The molecule has 0 saturated carbocycles. The van der Waals surface area contributed by atoms with E-state index in [9.17, 15) is 13.2 Å². The molecule has 1 aliphatic rings. The van der Waals surface area contributed by atoms with Crippen molar-refractivity contribution >= 4 is 15.9 Å². The second-order valence-corrected chi connectivity index (χ2v) is 9.13. The summed E-state index contributed by atoms with van der Waals surface area (Å²) < 4.78 is 39.3. The molecule has 0 radical (unpaired) electrons. The highest BCUT2D eigenvalue weighted by molar-refractivity contribution is 7.89. The van der Waals surface area contributed by atoms with Crippen molar-refractivity contribution in [2.24, 2.45) is 0 Å².